The first-order chi connectivity index (χ1) is 12.1. The quantitative estimate of drug-likeness (QED) is 0.717. The molecule has 0 unspecified atom stereocenters. The Balaban J connectivity index is 1.72. The third-order valence-electron chi connectivity index (χ3n) is 3.89. The predicted molar refractivity (Wildman–Crippen MR) is 92.2 cm³/mol. The Morgan fingerprint density at radius 3 is 2.52 bits per heavy atom. The summed E-state index contributed by atoms with van der Waals surface area (Å²) in [5.74, 6) is 0.840. The number of carbonyl (C=O) groups is 1. The minimum Gasteiger partial charge on any atom is -0.468 e. The summed E-state index contributed by atoms with van der Waals surface area (Å²) in [7, 11) is 3.79. The third-order valence-corrected chi connectivity index (χ3v) is 3.89. The highest BCUT2D eigenvalue weighted by molar-refractivity contribution is 5.94. The van der Waals surface area contributed by atoms with Crippen LogP contribution in [-0.4, -0.2) is 36.4 Å². The molecule has 1 atom stereocenters. The van der Waals surface area contributed by atoms with Crippen LogP contribution in [0, 0.1) is 0 Å². The molecule has 3 heterocycles. The molecular weight excluding hydrogens is 322 g/mol. The van der Waals surface area contributed by atoms with E-state index in [1.807, 2.05) is 25.1 Å². The minimum absolute atomic E-state index is 0.0484. The van der Waals surface area contributed by atoms with Gasteiger partial charge >= 0.3 is 0 Å². The van der Waals surface area contributed by atoms with E-state index < -0.39 is 11.5 Å². The van der Waals surface area contributed by atoms with Crippen molar-refractivity contribution in [3.05, 3.63) is 70.6 Å². The van der Waals surface area contributed by atoms with Gasteiger partial charge in [-0.1, -0.05) is 0 Å². The molecular formula is C18H19N3O4. The van der Waals surface area contributed by atoms with E-state index in [4.69, 9.17) is 8.83 Å². The number of carbonyl (C=O) groups excluding carboxylic acids is 1. The lowest BCUT2D eigenvalue weighted by Crippen LogP contribution is -2.36. The van der Waals surface area contributed by atoms with Crippen molar-refractivity contribution in [2.45, 2.75) is 6.04 Å². The number of amides is 1. The molecule has 0 radical (unpaired) electrons. The van der Waals surface area contributed by atoms with Crippen molar-refractivity contribution in [3.8, 4) is 11.5 Å². The molecule has 3 rings (SSSR count). The highest BCUT2D eigenvalue weighted by Gasteiger charge is 2.19. The number of hydrogen-bond acceptors (Lipinski definition) is 5. The van der Waals surface area contributed by atoms with Crippen LogP contribution in [0.15, 0.2) is 62.6 Å². The zero-order valence-corrected chi connectivity index (χ0v) is 14.0. The molecule has 0 spiro atoms. The van der Waals surface area contributed by atoms with Crippen LogP contribution in [0.5, 0.6) is 0 Å². The lowest BCUT2D eigenvalue weighted by Gasteiger charge is -2.22. The zero-order valence-electron chi connectivity index (χ0n) is 14.0. The lowest BCUT2D eigenvalue weighted by molar-refractivity contribution is 0.0937. The van der Waals surface area contributed by atoms with Gasteiger partial charge in [-0.2, -0.15) is 0 Å². The summed E-state index contributed by atoms with van der Waals surface area (Å²) < 4.78 is 10.6. The molecule has 7 heteroatoms. The Morgan fingerprint density at radius 1 is 1.16 bits per heavy atom. The summed E-state index contributed by atoms with van der Waals surface area (Å²) in [4.78, 5) is 29.1. The topological polar surface area (TPSA) is 91.5 Å². The van der Waals surface area contributed by atoms with Gasteiger partial charge in [0.25, 0.3) is 11.5 Å². The molecule has 0 aliphatic rings. The van der Waals surface area contributed by atoms with Crippen LogP contribution >= 0.6 is 0 Å². The van der Waals surface area contributed by atoms with Gasteiger partial charge in [-0.3, -0.25) is 14.5 Å². The summed E-state index contributed by atoms with van der Waals surface area (Å²) >= 11 is 0. The van der Waals surface area contributed by atoms with E-state index in [0.717, 1.165) is 5.76 Å². The molecule has 7 nitrogen and oxygen atoms in total. The fourth-order valence-corrected chi connectivity index (χ4v) is 2.53. The van der Waals surface area contributed by atoms with Crippen LogP contribution in [-0.2, 0) is 0 Å². The van der Waals surface area contributed by atoms with Crippen molar-refractivity contribution in [3.63, 3.8) is 0 Å². The van der Waals surface area contributed by atoms with Gasteiger partial charge in [0.2, 0.25) is 0 Å². The second-order valence-corrected chi connectivity index (χ2v) is 5.80. The number of nitrogens with one attached hydrogen (secondary N) is 2. The van der Waals surface area contributed by atoms with Crippen LogP contribution < -0.4 is 10.9 Å². The van der Waals surface area contributed by atoms with Crippen LogP contribution in [0.25, 0.3) is 11.5 Å². The molecule has 0 fully saturated rings. The molecule has 0 aromatic carbocycles. The van der Waals surface area contributed by atoms with Crippen LogP contribution in [0.2, 0.25) is 0 Å². The summed E-state index contributed by atoms with van der Waals surface area (Å²) in [6, 6.07) is 10.1. The first kappa shape index (κ1) is 16.8. The normalized spacial score (nSPS) is 12.3. The van der Waals surface area contributed by atoms with Gasteiger partial charge in [-0.05, 0) is 50.5 Å². The molecule has 25 heavy (non-hydrogen) atoms. The molecule has 3 aromatic heterocycles. The van der Waals surface area contributed by atoms with Crippen LogP contribution in [0.3, 0.4) is 0 Å². The molecule has 0 saturated carbocycles. The number of nitrogens with zero attached hydrogens (tertiary/aromatic N) is 1. The van der Waals surface area contributed by atoms with Gasteiger partial charge in [0.05, 0.1) is 24.3 Å². The Bertz CT molecular complexity index is 879. The Morgan fingerprint density at radius 2 is 1.92 bits per heavy atom. The van der Waals surface area contributed by atoms with Gasteiger partial charge in [-0.15, -0.1) is 0 Å². The van der Waals surface area contributed by atoms with Gasteiger partial charge in [0.15, 0.2) is 0 Å². The van der Waals surface area contributed by atoms with E-state index in [1.165, 1.54) is 12.3 Å². The van der Waals surface area contributed by atoms with Crippen molar-refractivity contribution in [2.24, 2.45) is 0 Å². The number of rotatable bonds is 6. The maximum atomic E-state index is 12.4. The molecule has 0 bridgehead atoms. The molecule has 0 aliphatic heterocycles. The number of furan rings is 2. The molecule has 0 aliphatic carbocycles. The van der Waals surface area contributed by atoms with Crippen LogP contribution in [0.4, 0.5) is 0 Å². The second kappa shape index (κ2) is 7.23. The average Bonchev–Trinajstić information content (AvgIpc) is 3.28. The first-order valence-corrected chi connectivity index (χ1v) is 7.81. The number of hydrogen-bond donors (Lipinski definition) is 2. The second-order valence-electron chi connectivity index (χ2n) is 5.80. The fraction of sp³-hybridized carbons (Fsp3) is 0.222. The van der Waals surface area contributed by atoms with Crippen molar-refractivity contribution in [1.29, 1.82) is 0 Å². The lowest BCUT2D eigenvalue weighted by atomic mass is 10.2. The number of likely N-dealkylation sites (N-methyl/N-ethyl adjacent to an activating group) is 1. The maximum Gasteiger partial charge on any atom is 0.261 e. The number of aromatic nitrogens is 1. The third kappa shape index (κ3) is 3.72. The van der Waals surface area contributed by atoms with E-state index in [2.05, 4.69) is 10.3 Å². The van der Waals surface area contributed by atoms with Crippen molar-refractivity contribution < 1.29 is 13.6 Å². The summed E-state index contributed by atoms with van der Waals surface area (Å²) in [5.41, 5.74) is 0.103. The van der Waals surface area contributed by atoms with Crippen molar-refractivity contribution in [2.75, 3.05) is 20.6 Å². The Kier molecular flexibility index (Phi) is 4.85. The van der Waals surface area contributed by atoms with E-state index in [-0.39, 0.29) is 11.6 Å². The Labute approximate surface area is 144 Å². The number of H-pyrrole nitrogens is 1. The molecule has 3 aromatic rings. The largest absolute Gasteiger partial charge is 0.468 e. The Hall–Kier alpha value is -3.06. The monoisotopic (exact) mass is 341 g/mol. The molecule has 130 valence electrons. The van der Waals surface area contributed by atoms with Crippen molar-refractivity contribution in [1.82, 2.24) is 15.2 Å². The minimum atomic E-state index is -0.467. The number of pyridine rings is 1. The zero-order chi connectivity index (χ0) is 17.8. The standard InChI is InChI=1S/C18H19N3O4/c1-21(2)14(16-6-4-10-25-16)11-19-17(22)12-7-8-13(20-18(12)23)15-5-3-9-24-15/h3-10,14H,11H2,1-2H3,(H,19,22)(H,20,23)/t14-/m1/s1. The van der Waals surface area contributed by atoms with E-state index in [1.54, 1.807) is 30.5 Å². The highest BCUT2D eigenvalue weighted by atomic mass is 16.3. The van der Waals surface area contributed by atoms with Crippen LogP contribution in [0.1, 0.15) is 22.2 Å². The highest BCUT2D eigenvalue weighted by Crippen LogP contribution is 2.18. The fourth-order valence-electron chi connectivity index (χ4n) is 2.53. The van der Waals surface area contributed by atoms with Gasteiger partial charge in [0.1, 0.15) is 17.1 Å². The summed E-state index contributed by atoms with van der Waals surface area (Å²) in [6.45, 7) is 0.318. The van der Waals surface area contributed by atoms with Gasteiger partial charge < -0.3 is 19.1 Å². The van der Waals surface area contributed by atoms with Crippen molar-refractivity contribution >= 4 is 5.91 Å². The first-order valence-electron chi connectivity index (χ1n) is 7.81. The van der Waals surface area contributed by atoms with E-state index >= 15 is 0 Å². The van der Waals surface area contributed by atoms with Gasteiger partial charge in [0, 0.05) is 6.54 Å². The predicted octanol–water partition coefficient (Wildman–Crippen LogP) is 2.26. The summed E-state index contributed by atoms with van der Waals surface area (Å²) in [5, 5.41) is 2.78. The molecule has 2 N–H and O–H groups in total. The number of aromatic amines is 1. The molecule has 0 saturated heterocycles. The summed E-state index contributed by atoms with van der Waals surface area (Å²) in [6.07, 6.45) is 3.11. The van der Waals surface area contributed by atoms with E-state index in [9.17, 15) is 9.59 Å². The average molecular weight is 341 g/mol. The van der Waals surface area contributed by atoms with E-state index in [0.29, 0.717) is 18.0 Å². The maximum absolute atomic E-state index is 12.4. The molecule has 1 amide bonds. The SMILES string of the molecule is CN(C)[C@H](CNC(=O)c1ccc(-c2ccco2)[nH]c1=O)c1ccco1. The smallest absolute Gasteiger partial charge is 0.261 e. The van der Waals surface area contributed by atoms with Gasteiger partial charge in [-0.25, -0.2) is 0 Å².